The SMILES string of the molecule is CCCNC(=O)[C@@H](CC)N(Cc1ccc(Cl)c(Cl)c1)C(=O)CN(c1cc(C)ccc1OC)S(C)(=O)=O. The topological polar surface area (TPSA) is 96.0 Å². The van der Waals surface area contributed by atoms with E-state index < -0.39 is 28.5 Å². The van der Waals surface area contributed by atoms with Gasteiger partial charge in [-0.05, 0) is 55.2 Å². The summed E-state index contributed by atoms with van der Waals surface area (Å²) >= 11 is 12.2. The lowest BCUT2D eigenvalue weighted by Gasteiger charge is -2.33. The monoisotopic (exact) mass is 557 g/mol. The molecule has 0 aliphatic heterocycles. The van der Waals surface area contributed by atoms with Crippen molar-refractivity contribution in [3.05, 3.63) is 57.6 Å². The molecular formula is C25H33Cl2N3O5S. The van der Waals surface area contributed by atoms with Crippen molar-refractivity contribution in [2.45, 2.75) is 46.2 Å². The zero-order valence-electron chi connectivity index (χ0n) is 21.2. The highest BCUT2D eigenvalue weighted by Crippen LogP contribution is 2.31. The zero-order chi connectivity index (χ0) is 27.0. The lowest BCUT2D eigenvalue weighted by molar-refractivity contribution is -0.140. The number of benzene rings is 2. The molecule has 0 saturated carbocycles. The summed E-state index contributed by atoms with van der Waals surface area (Å²) in [4.78, 5) is 28.1. The molecule has 0 fully saturated rings. The van der Waals surface area contributed by atoms with E-state index in [0.717, 1.165) is 22.5 Å². The fourth-order valence-electron chi connectivity index (χ4n) is 3.71. The lowest BCUT2D eigenvalue weighted by atomic mass is 10.1. The van der Waals surface area contributed by atoms with Gasteiger partial charge in [0.2, 0.25) is 21.8 Å². The van der Waals surface area contributed by atoms with Gasteiger partial charge in [0.15, 0.2) is 0 Å². The summed E-state index contributed by atoms with van der Waals surface area (Å²) in [6, 6.07) is 9.20. The van der Waals surface area contributed by atoms with Crippen molar-refractivity contribution in [2.24, 2.45) is 0 Å². The van der Waals surface area contributed by atoms with Crippen LogP contribution >= 0.6 is 23.2 Å². The van der Waals surface area contributed by atoms with E-state index in [-0.39, 0.29) is 18.1 Å². The predicted octanol–water partition coefficient (Wildman–Crippen LogP) is 4.41. The first-order chi connectivity index (χ1) is 16.9. The summed E-state index contributed by atoms with van der Waals surface area (Å²) in [7, 11) is -2.45. The fourth-order valence-corrected chi connectivity index (χ4v) is 4.88. The Morgan fingerprint density at radius 1 is 1.08 bits per heavy atom. The van der Waals surface area contributed by atoms with Gasteiger partial charge in [-0.25, -0.2) is 8.42 Å². The molecule has 8 nitrogen and oxygen atoms in total. The minimum absolute atomic E-state index is 0.0380. The summed E-state index contributed by atoms with van der Waals surface area (Å²) in [6.45, 7) is 5.52. The summed E-state index contributed by atoms with van der Waals surface area (Å²) in [5.74, 6) is -0.553. The molecule has 0 aromatic heterocycles. The average molecular weight is 559 g/mol. The summed E-state index contributed by atoms with van der Waals surface area (Å²) in [5.41, 5.74) is 1.69. The molecule has 0 spiro atoms. The van der Waals surface area contributed by atoms with Gasteiger partial charge in [0.25, 0.3) is 0 Å². The van der Waals surface area contributed by atoms with Gasteiger partial charge >= 0.3 is 0 Å². The van der Waals surface area contributed by atoms with E-state index >= 15 is 0 Å². The van der Waals surface area contributed by atoms with Crippen LogP contribution in [0.3, 0.4) is 0 Å². The van der Waals surface area contributed by atoms with Gasteiger partial charge in [-0.3, -0.25) is 13.9 Å². The number of ether oxygens (including phenoxy) is 1. The molecule has 36 heavy (non-hydrogen) atoms. The summed E-state index contributed by atoms with van der Waals surface area (Å²) in [6.07, 6.45) is 2.09. The number of anilines is 1. The number of nitrogens with zero attached hydrogens (tertiary/aromatic N) is 2. The predicted molar refractivity (Wildman–Crippen MR) is 144 cm³/mol. The van der Waals surface area contributed by atoms with E-state index in [1.165, 1.54) is 12.0 Å². The number of rotatable bonds is 12. The smallest absolute Gasteiger partial charge is 0.244 e. The van der Waals surface area contributed by atoms with Crippen LogP contribution in [0.2, 0.25) is 10.0 Å². The van der Waals surface area contributed by atoms with E-state index in [2.05, 4.69) is 5.32 Å². The first-order valence-electron chi connectivity index (χ1n) is 11.6. The van der Waals surface area contributed by atoms with Crippen molar-refractivity contribution < 1.29 is 22.7 Å². The van der Waals surface area contributed by atoms with Crippen LogP contribution in [0.15, 0.2) is 36.4 Å². The molecule has 0 unspecified atom stereocenters. The molecule has 0 radical (unpaired) electrons. The Bertz CT molecular complexity index is 1190. The van der Waals surface area contributed by atoms with Gasteiger partial charge < -0.3 is 15.0 Å². The number of halogens is 2. The molecule has 2 aromatic carbocycles. The molecule has 11 heteroatoms. The number of hydrogen-bond acceptors (Lipinski definition) is 5. The Hall–Kier alpha value is -2.49. The van der Waals surface area contributed by atoms with Crippen molar-refractivity contribution in [3.8, 4) is 5.75 Å². The Morgan fingerprint density at radius 2 is 1.78 bits per heavy atom. The number of carbonyl (C=O) groups is 2. The second-order valence-electron chi connectivity index (χ2n) is 8.43. The van der Waals surface area contributed by atoms with Crippen LogP contribution < -0.4 is 14.4 Å². The van der Waals surface area contributed by atoms with Crippen LogP contribution in [-0.4, -0.2) is 57.6 Å². The van der Waals surface area contributed by atoms with Crippen LogP contribution in [0.1, 0.15) is 37.8 Å². The van der Waals surface area contributed by atoms with Crippen molar-refractivity contribution in [1.82, 2.24) is 10.2 Å². The maximum Gasteiger partial charge on any atom is 0.244 e. The van der Waals surface area contributed by atoms with Crippen LogP contribution in [0.4, 0.5) is 5.69 Å². The molecule has 198 valence electrons. The standard InChI is InChI=1S/C25H33Cl2N3O5S/c1-6-12-28-25(32)21(7-2)29(15-18-9-10-19(26)20(27)14-18)24(31)16-30(36(5,33)34)22-13-17(3)8-11-23(22)35-4/h8-11,13-14,21H,6-7,12,15-16H2,1-5H3,(H,28,32)/t21-/m1/s1. The van der Waals surface area contributed by atoms with Gasteiger partial charge in [-0.2, -0.15) is 0 Å². The number of hydrogen-bond donors (Lipinski definition) is 1. The van der Waals surface area contributed by atoms with Crippen molar-refractivity contribution >= 4 is 50.7 Å². The molecule has 0 aliphatic rings. The highest BCUT2D eigenvalue weighted by molar-refractivity contribution is 7.92. The number of amides is 2. The van der Waals surface area contributed by atoms with E-state index in [1.54, 1.807) is 43.3 Å². The van der Waals surface area contributed by atoms with Crippen LogP contribution in [-0.2, 0) is 26.2 Å². The highest BCUT2D eigenvalue weighted by atomic mass is 35.5. The molecule has 1 N–H and O–H groups in total. The normalized spacial score (nSPS) is 12.1. The molecule has 2 amide bonds. The Kier molecular flexibility index (Phi) is 10.9. The van der Waals surface area contributed by atoms with Crippen LogP contribution in [0.5, 0.6) is 5.75 Å². The fraction of sp³-hybridized carbons (Fsp3) is 0.440. The van der Waals surface area contributed by atoms with Gasteiger partial charge in [0, 0.05) is 13.1 Å². The van der Waals surface area contributed by atoms with E-state index in [4.69, 9.17) is 27.9 Å². The van der Waals surface area contributed by atoms with Gasteiger partial charge in [-0.15, -0.1) is 0 Å². The molecular weight excluding hydrogens is 525 g/mol. The second kappa shape index (κ2) is 13.2. The Balaban J connectivity index is 2.52. The second-order valence-corrected chi connectivity index (χ2v) is 11.2. The lowest BCUT2D eigenvalue weighted by Crippen LogP contribution is -2.52. The molecule has 0 heterocycles. The van der Waals surface area contributed by atoms with Crippen molar-refractivity contribution in [3.63, 3.8) is 0 Å². The number of aryl methyl sites for hydroxylation is 1. The number of sulfonamides is 1. The van der Waals surface area contributed by atoms with Crippen molar-refractivity contribution in [2.75, 3.05) is 30.8 Å². The molecule has 0 bridgehead atoms. The number of methoxy groups -OCH3 is 1. The minimum atomic E-state index is -3.88. The first-order valence-corrected chi connectivity index (χ1v) is 14.2. The highest BCUT2D eigenvalue weighted by Gasteiger charge is 2.32. The molecule has 2 aromatic rings. The maximum absolute atomic E-state index is 13.7. The first kappa shape index (κ1) is 29.7. The third-order valence-corrected chi connectivity index (χ3v) is 7.42. The largest absolute Gasteiger partial charge is 0.495 e. The van der Waals surface area contributed by atoms with Crippen LogP contribution in [0.25, 0.3) is 0 Å². The zero-order valence-corrected chi connectivity index (χ0v) is 23.5. The van der Waals surface area contributed by atoms with Gasteiger partial charge in [0.05, 0.1) is 29.1 Å². The van der Waals surface area contributed by atoms with E-state index in [9.17, 15) is 18.0 Å². The van der Waals surface area contributed by atoms with Crippen LogP contribution in [0, 0.1) is 6.92 Å². The molecule has 1 atom stereocenters. The number of carbonyl (C=O) groups excluding carboxylic acids is 2. The quantitative estimate of drug-likeness (QED) is 0.417. The van der Waals surface area contributed by atoms with Gasteiger partial charge in [-0.1, -0.05) is 49.2 Å². The summed E-state index contributed by atoms with van der Waals surface area (Å²) in [5, 5.41) is 3.51. The number of nitrogens with one attached hydrogen (secondary N) is 1. The Morgan fingerprint density at radius 3 is 2.33 bits per heavy atom. The van der Waals surface area contributed by atoms with Gasteiger partial charge in [0.1, 0.15) is 18.3 Å². The average Bonchev–Trinajstić information content (AvgIpc) is 2.82. The minimum Gasteiger partial charge on any atom is -0.495 e. The van der Waals surface area contributed by atoms with E-state index in [1.807, 2.05) is 13.8 Å². The third-order valence-electron chi connectivity index (χ3n) is 5.55. The summed E-state index contributed by atoms with van der Waals surface area (Å²) < 4.78 is 32.0. The van der Waals surface area contributed by atoms with Crippen molar-refractivity contribution in [1.29, 1.82) is 0 Å². The Labute approximate surface area is 223 Å². The van der Waals surface area contributed by atoms with E-state index in [0.29, 0.717) is 34.3 Å². The maximum atomic E-state index is 13.7. The molecule has 0 saturated heterocycles. The molecule has 0 aliphatic carbocycles. The molecule has 2 rings (SSSR count). The third kappa shape index (κ3) is 7.75.